The summed E-state index contributed by atoms with van der Waals surface area (Å²) in [6, 6.07) is 1.26. The zero-order valence-corrected chi connectivity index (χ0v) is 7.49. The van der Waals surface area contributed by atoms with E-state index in [1.807, 2.05) is 0 Å². The maximum atomic E-state index is 11.2. The normalized spacial score (nSPS) is 9.69. The quantitative estimate of drug-likeness (QED) is 0.643. The second-order valence-electron chi connectivity index (χ2n) is 2.46. The average molecular weight is 182 g/mol. The van der Waals surface area contributed by atoms with E-state index in [1.165, 1.54) is 19.3 Å². The molecule has 4 heteroatoms. The van der Waals surface area contributed by atoms with Crippen molar-refractivity contribution in [2.75, 3.05) is 6.61 Å². The van der Waals surface area contributed by atoms with Crippen molar-refractivity contribution in [2.24, 2.45) is 0 Å². The van der Waals surface area contributed by atoms with Gasteiger partial charge in [-0.05, 0) is 13.8 Å². The molecule has 0 saturated carbocycles. The van der Waals surface area contributed by atoms with Crippen molar-refractivity contribution in [2.45, 2.75) is 13.8 Å². The van der Waals surface area contributed by atoms with Crippen LogP contribution in [0.2, 0.25) is 0 Å². The molecule has 1 heterocycles. The molecule has 0 aliphatic rings. The first-order valence-corrected chi connectivity index (χ1v) is 3.92. The van der Waals surface area contributed by atoms with Crippen LogP contribution in [0.5, 0.6) is 0 Å². The molecule has 0 radical (unpaired) electrons. The lowest BCUT2D eigenvalue weighted by molar-refractivity contribution is 0.0485. The fraction of sp³-hybridized carbons (Fsp3) is 0.333. The van der Waals surface area contributed by atoms with Gasteiger partial charge in [0.2, 0.25) is 5.76 Å². The molecule has 4 nitrogen and oxygen atoms in total. The van der Waals surface area contributed by atoms with Crippen LogP contribution in [0.25, 0.3) is 0 Å². The molecule has 1 aromatic rings. The van der Waals surface area contributed by atoms with Gasteiger partial charge in [0, 0.05) is 11.6 Å². The predicted octanol–water partition coefficient (Wildman–Crippen LogP) is 1.12. The van der Waals surface area contributed by atoms with Crippen LogP contribution >= 0.6 is 0 Å². The Morgan fingerprint density at radius 2 is 2.31 bits per heavy atom. The highest BCUT2D eigenvalue weighted by Crippen LogP contribution is 2.03. The second-order valence-corrected chi connectivity index (χ2v) is 2.46. The van der Waals surface area contributed by atoms with Crippen LogP contribution < -0.4 is 5.43 Å². The largest absolute Gasteiger partial charge is 0.460 e. The highest BCUT2D eigenvalue weighted by Gasteiger charge is 2.14. The van der Waals surface area contributed by atoms with Crippen molar-refractivity contribution in [3.05, 3.63) is 33.9 Å². The van der Waals surface area contributed by atoms with Crippen molar-refractivity contribution < 1.29 is 13.9 Å². The van der Waals surface area contributed by atoms with E-state index < -0.39 is 5.97 Å². The van der Waals surface area contributed by atoms with Crippen molar-refractivity contribution in [3.8, 4) is 0 Å². The first kappa shape index (κ1) is 9.51. The molecule has 0 saturated heterocycles. The Morgan fingerprint density at radius 3 is 2.92 bits per heavy atom. The summed E-state index contributed by atoms with van der Waals surface area (Å²) in [5.74, 6) is -0.618. The molecule has 1 rings (SSSR count). The summed E-state index contributed by atoms with van der Waals surface area (Å²) >= 11 is 0. The fourth-order valence-corrected chi connectivity index (χ4v) is 0.887. The van der Waals surface area contributed by atoms with Gasteiger partial charge < -0.3 is 9.15 Å². The van der Waals surface area contributed by atoms with Gasteiger partial charge in [-0.15, -0.1) is 0 Å². The standard InChI is InChI=1S/C9H10O4/c1-3-12-9(11)8-6(2)7(10)4-5-13-8/h4-5H,3H2,1-2H3. The topological polar surface area (TPSA) is 56.5 Å². The van der Waals surface area contributed by atoms with Crippen molar-refractivity contribution in [1.82, 2.24) is 0 Å². The van der Waals surface area contributed by atoms with Crippen molar-refractivity contribution in [3.63, 3.8) is 0 Å². The summed E-state index contributed by atoms with van der Waals surface area (Å²) in [6.45, 7) is 3.48. The van der Waals surface area contributed by atoms with E-state index in [0.29, 0.717) is 0 Å². The number of esters is 1. The molecule has 0 atom stereocenters. The van der Waals surface area contributed by atoms with Gasteiger partial charge in [-0.2, -0.15) is 0 Å². The molecule has 0 N–H and O–H groups in total. The van der Waals surface area contributed by atoms with Gasteiger partial charge >= 0.3 is 5.97 Å². The van der Waals surface area contributed by atoms with Crippen LogP contribution in [-0.4, -0.2) is 12.6 Å². The van der Waals surface area contributed by atoms with Crippen LogP contribution in [0.1, 0.15) is 23.0 Å². The molecule has 0 amide bonds. The molecular formula is C9H10O4. The fourth-order valence-electron chi connectivity index (χ4n) is 0.887. The minimum absolute atomic E-state index is 0.0191. The summed E-state index contributed by atoms with van der Waals surface area (Å²) in [5.41, 5.74) is 0.0512. The highest BCUT2D eigenvalue weighted by atomic mass is 16.5. The smallest absolute Gasteiger partial charge is 0.374 e. The molecule has 0 aromatic carbocycles. The Hall–Kier alpha value is -1.58. The zero-order chi connectivity index (χ0) is 9.84. The SMILES string of the molecule is CCOC(=O)c1occc(=O)c1C. The van der Waals surface area contributed by atoms with E-state index in [1.54, 1.807) is 6.92 Å². The average Bonchev–Trinajstić information content (AvgIpc) is 2.10. The van der Waals surface area contributed by atoms with E-state index in [4.69, 9.17) is 9.15 Å². The molecule has 0 aliphatic heterocycles. The van der Waals surface area contributed by atoms with Gasteiger partial charge in [0.15, 0.2) is 5.43 Å². The zero-order valence-electron chi connectivity index (χ0n) is 7.49. The lowest BCUT2D eigenvalue weighted by atomic mass is 10.2. The molecule has 0 fully saturated rings. The number of carbonyl (C=O) groups excluding carboxylic acids is 1. The minimum Gasteiger partial charge on any atom is -0.460 e. The maximum absolute atomic E-state index is 11.2. The first-order chi connectivity index (χ1) is 6.16. The third kappa shape index (κ3) is 1.96. The molecule has 0 unspecified atom stereocenters. The van der Waals surface area contributed by atoms with Crippen LogP contribution in [-0.2, 0) is 4.74 Å². The van der Waals surface area contributed by atoms with E-state index in [2.05, 4.69) is 0 Å². The summed E-state index contributed by atoms with van der Waals surface area (Å²) in [5, 5.41) is 0. The Labute approximate surface area is 75.1 Å². The number of hydrogen-bond acceptors (Lipinski definition) is 4. The van der Waals surface area contributed by atoms with E-state index in [9.17, 15) is 9.59 Å². The molecule has 13 heavy (non-hydrogen) atoms. The van der Waals surface area contributed by atoms with Crippen LogP contribution in [0.3, 0.4) is 0 Å². The minimum atomic E-state index is -0.599. The van der Waals surface area contributed by atoms with Crippen LogP contribution in [0.4, 0.5) is 0 Å². The Morgan fingerprint density at radius 1 is 1.62 bits per heavy atom. The first-order valence-electron chi connectivity index (χ1n) is 3.92. The molecule has 0 bridgehead atoms. The summed E-state index contributed by atoms with van der Waals surface area (Å²) in [4.78, 5) is 22.2. The van der Waals surface area contributed by atoms with Crippen LogP contribution in [0.15, 0.2) is 21.5 Å². The molecular weight excluding hydrogens is 172 g/mol. The number of hydrogen-bond donors (Lipinski definition) is 0. The number of rotatable bonds is 2. The lowest BCUT2D eigenvalue weighted by Crippen LogP contribution is -2.13. The van der Waals surface area contributed by atoms with Gasteiger partial charge in [-0.3, -0.25) is 4.79 Å². The van der Waals surface area contributed by atoms with E-state index in [-0.39, 0.29) is 23.4 Å². The third-order valence-electron chi connectivity index (χ3n) is 1.58. The lowest BCUT2D eigenvalue weighted by Gasteiger charge is -2.01. The summed E-state index contributed by atoms with van der Waals surface area (Å²) < 4.78 is 9.57. The second kappa shape index (κ2) is 3.89. The molecule has 1 aromatic heterocycles. The Balaban J connectivity index is 3.08. The van der Waals surface area contributed by atoms with Gasteiger partial charge in [-0.1, -0.05) is 0 Å². The number of ether oxygens (including phenoxy) is 1. The van der Waals surface area contributed by atoms with Gasteiger partial charge in [0.25, 0.3) is 0 Å². The van der Waals surface area contributed by atoms with Crippen molar-refractivity contribution >= 4 is 5.97 Å². The molecule has 70 valence electrons. The van der Waals surface area contributed by atoms with Crippen molar-refractivity contribution in [1.29, 1.82) is 0 Å². The van der Waals surface area contributed by atoms with Gasteiger partial charge in [0.1, 0.15) is 0 Å². The molecule has 0 spiro atoms. The van der Waals surface area contributed by atoms with Gasteiger partial charge in [-0.25, -0.2) is 4.79 Å². The van der Waals surface area contributed by atoms with E-state index in [0.717, 1.165) is 0 Å². The Kier molecular flexibility index (Phi) is 2.84. The Bertz CT molecular complexity index is 364. The van der Waals surface area contributed by atoms with E-state index >= 15 is 0 Å². The monoisotopic (exact) mass is 182 g/mol. The summed E-state index contributed by atoms with van der Waals surface area (Å²) in [7, 11) is 0. The van der Waals surface area contributed by atoms with Crippen LogP contribution in [0, 0.1) is 6.92 Å². The predicted molar refractivity (Wildman–Crippen MR) is 45.7 cm³/mol. The van der Waals surface area contributed by atoms with Gasteiger partial charge in [0.05, 0.1) is 12.9 Å². The maximum Gasteiger partial charge on any atom is 0.374 e. The highest BCUT2D eigenvalue weighted by molar-refractivity contribution is 5.87. The number of carbonyl (C=O) groups is 1. The molecule has 0 aliphatic carbocycles. The summed E-state index contributed by atoms with van der Waals surface area (Å²) in [6.07, 6.45) is 1.18. The third-order valence-corrected chi connectivity index (χ3v) is 1.58.